The number of hydrogen-bond acceptors (Lipinski definition) is 2. The maximum absolute atomic E-state index is 13.6. The predicted octanol–water partition coefficient (Wildman–Crippen LogP) is 4.67. The number of ether oxygens (including phenoxy) is 1. The third-order valence-corrected chi connectivity index (χ3v) is 3.60. The van der Waals surface area contributed by atoms with Crippen molar-refractivity contribution in [2.45, 2.75) is 26.5 Å². The van der Waals surface area contributed by atoms with E-state index in [2.05, 4.69) is 28.2 Å². The number of nitrogens with one attached hydrogen (secondary N) is 1. The van der Waals surface area contributed by atoms with Crippen LogP contribution in [0, 0.1) is 5.82 Å². The smallest absolute Gasteiger partial charge is 0.129 e. The fraction of sp³-hybridized carbons (Fsp3) is 0.294. The molecule has 0 unspecified atom stereocenters. The quantitative estimate of drug-likeness (QED) is 0.732. The van der Waals surface area contributed by atoms with Crippen LogP contribution in [0.4, 0.5) is 4.39 Å². The minimum absolute atomic E-state index is 0.231. The number of hydrogen-bond donors (Lipinski definition) is 1. The van der Waals surface area contributed by atoms with Gasteiger partial charge < -0.3 is 10.1 Å². The average molecular weight is 352 g/mol. The molecule has 0 radical (unpaired) electrons. The van der Waals surface area contributed by atoms with E-state index >= 15 is 0 Å². The van der Waals surface area contributed by atoms with Gasteiger partial charge in [-0.2, -0.15) is 0 Å². The molecule has 0 aliphatic carbocycles. The maximum atomic E-state index is 13.6. The molecule has 2 rings (SSSR count). The van der Waals surface area contributed by atoms with Gasteiger partial charge in [0.15, 0.2) is 0 Å². The van der Waals surface area contributed by atoms with E-state index in [1.165, 1.54) is 6.07 Å². The Bertz CT molecular complexity index is 589. The standard InChI is InChI=1S/C17H19BrFNO/c1-2-9-20-11-14-10-15(18)7-8-17(14)21-12-13-5-3-4-6-16(13)19/h3-8,10,20H,2,9,11-12H2,1H3. The first-order valence-corrected chi connectivity index (χ1v) is 7.85. The highest BCUT2D eigenvalue weighted by molar-refractivity contribution is 9.10. The van der Waals surface area contributed by atoms with Crippen LogP contribution in [0.1, 0.15) is 24.5 Å². The molecule has 0 heterocycles. The van der Waals surface area contributed by atoms with Crippen LogP contribution >= 0.6 is 15.9 Å². The van der Waals surface area contributed by atoms with Crippen LogP contribution in [-0.4, -0.2) is 6.54 Å². The Balaban J connectivity index is 2.06. The van der Waals surface area contributed by atoms with E-state index in [4.69, 9.17) is 4.74 Å². The molecule has 0 spiro atoms. The van der Waals surface area contributed by atoms with Crippen molar-refractivity contribution in [3.05, 3.63) is 63.9 Å². The van der Waals surface area contributed by atoms with E-state index < -0.39 is 0 Å². The SMILES string of the molecule is CCCNCc1cc(Br)ccc1OCc1ccccc1F. The molecule has 0 aromatic heterocycles. The summed E-state index contributed by atoms with van der Waals surface area (Å²) < 4.78 is 20.4. The van der Waals surface area contributed by atoms with Gasteiger partial charge in [-0.05, 0) is 37.2 Å². The van der Waals surface area contributed by atoms with Crippen LogP contribution in [0.3, 0.4) is 0 Å². The number of halogens is 2. The van der Waals surface area contributed by atoms with Gasteiger partial charge >= 0.3 is 0 Å². The summed E-state index contributed by atoms with van der Waals surface area (Å²) >= 11 is 3.47. The third-order valence-electron chi connectivity index (χ3n) is 3.11. The van der Waals surface area contributed by atoms with Crippen molar-refractivity contribution in [1.29, 1.82) is 0 Å². The third kappa shape index (κ3) is 4.83. The molecule has 2 nitrogen and oxygen atoms in total. The Morgan fingerprint density at radius 1 is 1.14 bits per heavy atom. The molecular weight excluding hydrogens is 333 g/mol. The summed E-state index contributed by atoms with van der Waals surface area (Å²) in [5, 5.41) is 3.35. The summed E-state index contributed by atoms with van der Waals surface area (Å²) in [5.74, 6) is 0.547. The van der Waals surface area contributed by atoms with Gasteiger partial charge in [0, 0.05) is 22.1 Å². The van der Waals surface area contributed by atoms with Gasteiger partial charge in [0.1, 0.15) is 18.2 Å². The number of benzene rings is 2. The normalized spacial score (nSPS) is 10.6. The predicted molar refractivity (Wildman–Crippen MR) is 86.9 cm³/mol. The Hall–Kier alpha value is -1.39. The number of rotatable bonds is 7. The molecule has 0 fully saturated rings. The molecule has 112 valence electrons. The molecule has 2 aromatic rings. The second-order valence-electron chi connectivity index (χ2n) is 4.81. The van der Waals surface area contributed by atoms with Gasteiger partial charge in [0.2, 0.25) is 0 Å². The Labute approximate surface area is 133 Å². The Morgan fingerprint density at radius 2 is 1.95 bits per heavy atom. The minimum atomic E-state index is -0.236. The van der Waals surface area contributed by atoms with Crippen molar-refractivity contribution < 1.29 is 9.13 Å². The van der Waals surface area contributed by atoms with E-state index in [1.54, 1.807) is 12.1 Å². The largest absolute Gasteiger partial charge is 0.488 e. The molecule has 0 saturated carbocycles. The molecule has 4 heteroatoms. The lowest BCUT2D eigenvalue weighted by molar-refractivity contribution is 0.296. The van der Waals surface area contributed by atoms with Gasteiger partial charge in [0.05, 0.1) is 0 Å². The van der Waals surface area contributed by atoms with Crippen LogP contribution < -0.4 is 10.1 Å². The lowest BCUT2D eigenvalue weighted by atomic mass is 10.2. The first-order chi connectivity index (χ1) is 10.2. The summed E-state index contributed by atoms with van der Waals surface area (Å²) in [4.78, 5) is 0. The summed E-state index contributed by atoms with van der Waals surface area (Å²) in [6.45, 7) is 4.05. The van der Waals surface area contributed by atoms with E-state index in [9.17, 15) is 4.39 Å². The lowest BCUT2D eigenvalue weighted by Crippen LogP contribution is -2.14. The first kappa shape index (κ1) is 16.0. The zero-order valence-corrected chi connectivity index (χ0v) is 13.6. The zero-order chi connectivity index (χ0) is 15.1. The molecule has 1 N–H and O–H groups in total. The molecule has 0 aliphatic heterocycles. The second-order valence-corrected chi connectivity index (χ2v) is 5.72. The van der Waals surface area contributed by atoms with Crippen molar-refractivity contribution in [2.24, 2.45) is 0 Å². The molecule has 21 heavy (non-hydrogen) atoms. The average Bonchev–Trinajstić information content (AvgIpc) is 2.48. The summed E-state index contributed by atoms with van der Waals surface area (Å²) in [5.41, 5.74) is 1.63. The second kappa shape index (κ2) is 8.15. The zero-order valence-electron chi connectivity index (χ0n) is 12.0. The van der Waals surface area contributed by atoms with Crippen LogP contribution in [0.25, 0.3) is 0 Å². The monoisotopic (exact) mass is 351 g/mol. The van der Waals surface area contributed by atoms with E-state index in [-0.39, 0.29) is 12.4 Å². The fourth-order valence-corrected chi connectivity index (χ4v) is 2.41. The van der Waals surface area contributed by atoms with Gasteiger partial charge in [-0.3, -0.25) is 0 Å². The van der Waals surface area contributed by atoms with Gasteiger partial charge in [0.25, 0.3) is 0 Å². The maximum Gasteiger partial charge on any atom is 0.129 e. The van der Waals surface area contributed by atoms with Crippen LogP contribution in [0.5, 0.6) is 5.75 Å². The van der Waals surface area contributed by atoms with Crippen molar-refractivity contribution in [1.82, 2.24) is 5.32 Å². The summed E-state index contributed by atoms with van der Waals surface area (Å²) in [7, 11) is 0. The molecular formula is C17H19BrFNO. The van der Waals surface area contributed by atoms with Crippen LogP contribution in [0.2, 0.25) is 0 Å². The highest BCUT2D eigenvalue weighted by Crippen LogP contribution is 2.24. The minimum Gasteiger partial charge on any atom is -0.488 e. The Kier molecular flexibility index (Phi) is 6.21. The van der Waals surface area contributed by atoms with Crippen LogP contribution in [-0.2, 0) is 13.2 Å². The fourth-order valence-electron chi connectivity index (χ4n) is 2.00. The van der Waals surface area contributed by atoms with E-state index in [0.29, 0.717) is 5.56 Å². The summed E-state index contributed by atoms with van der Waals surface area (Å²) in [6, 6.07) is 12.5. The highest BCUT2D eigenvalue weighted by atomic mass is 79.9. The molecule has 0 atom stereocenters. The molecule has 0 bridgehead atoms. The van der Waals surface area contributed by atoms with E-state index in [1.807, 2.05) is 24.3 Å². The van der Waals surface area contributed by atoms with Crippen molar-refractivity contribution in [3.63, 3.8) is 0 Å². The lowest BCUT2D eigenvalue weighted by Gasteiger charge is -2.13. The first-order valence-electron chi connectivity index (χ1n) is 7.06. The topological polar surface area (TPSA) is 21.3 Å². The van der Waals surface area contributed by atoms with Gasteiger partial charge in [-0.15, -0.1) is 0 Å². The van der Waals surface area contributed by atoms with E-state index in [0.717, 1.165) is 35.3 Å². The molecule has 2 aromatic carbocycles. The highest BCUT2D eigenvalue weighted by Gasteiger charge is 2.07. The van der Waals surface area contributed by atoms with Gasteiger partial charge in [-0.1, -0.05) is 41.1 Å². The van der Waals surface area contributed by atoms with Crippen molar-refractivity contribution >= 4 is 15.9 Å². The van der Waals surface area contributed by atoms with Crippen molar-refractivity contribution in [3.8, 4) is 5.75 Å². The van der Waals surface area contributed by atoms with Gasteiger partial charge in [-0.25, -0.2) is 4.39 Å². The molecule has 0 aliphatic rings. The van der Waals surface area contributed by atoms with Crippen LogP contribution in [0.15, 0.2) is 46.9 Å². The Morgan fingerprint density at radius 3 is 2.71 bits per heavy atom. The summed E-state index contributed by atoms with van der Waals surface area (Å²) in [6.07, 6.45) is 1.08. The van der Waals surface area contributed by atoms with Crippen molar-refractivity contribution in [2.75, 3.05) is 6.54 Å². The molecule has 0 saturated heterocycles. The molecule has 0 amide bonds.